The number of halogens is 3. The summed E-state index contributed by atoms with van der Waals surface area (Å²) in [6.07, 6.45) is -3.23. The zero-order valence-electron chi connectivity index (χ0n) is 9.20. The molecule has 0 fully saturated rings. The number of nitrogens with zero attached hydrogens (tertiary/aromatic N) is 1. The minimum absolute atomic E-state index is 0.0197. The second-order valence-corrected chi connectivity index (χ2v) is 3.23. The van der Waals surface area contributed by atoms with Gasteiger partial charge in [0, 0.05) is 12.7 Å². The van der Waals surface area contributed by atoms with Gasteiger partial charge < -0.3 is 15.2 Å². The highest BCUT2D eigenvalue weighted by atomic mass is 19.4. The fraction of sp³-hybridized carbons (Fsp3) is 0.400. The van der Waals surface area contributed by atoms with E-state index in [9.17, 15) is 18.0 Å². The van der Waals surface area contributed by atoms with Crippen LogP contribution in [0.25, 0.3) is 0 Å². The molecule has 0 saturated heterocycles. The van der Waals surface area contributed by atoms with Crippen molar-refractivity contribution >= 4 is 5.91 Å². The Kier molecular flexibility index (Phi) is 4.90. The van der Waals surface area contributed by atoms with Crippen LogP contribution in [0.3, 0.4) is 0 Å². The molecule has 1 aromatic rings. The number of nitrogens with one attached hydrogen (secondary N) is 1. The van der Waals surface area contributed by atoms with Crippen molar-refractivity contribution in [2.45, 2.75) is 6.18 Å². The number of carbonyl (C=O) groups excluding carboxylic acids is 1. The second kappa shape index (κ2) is 6.20. The van der Waals surface area contributed by atoms with Crippen molar-refractivity contribution in [2.24, 2.45) is 0 Å². The van der Waals surface area contributed by atoms with Gasteiger partial charge in [-0.05, 0) is 12.1 Å². The summed E-state index contributed by atoms with van der Waals surface area (Å²) in [5, 5.41) is 10.8. The van der Waals surface area contributed by atoms with Gasteiger partial charge in [0.25, 0.3) is 5.91 Å². The van der Waals surface area contributed by atoms with Crippen LogP contribution in [0.1, 0.15) is 10.5 Å². The number of ether oxygens (including phenoxy) is 1. The van der Waals surface area contributed by atoms with Crippen molar-refractivity contribution in [3.8, 4) is 5.75 Å². The normalized spacial score (nSPS) is 11.1. The molecule has 0 atom stereocenters. The molecule has 0 unspecified atom stereocenters. The van der Waals surface area contributed by atoms with E-state index < -0.39 is 18.7 Å². The summed E-state index contributed by atoms with van der Waals surface area (Å²) in [5.74, 6) is -0.966. The van der Waals surface area contributed by atoms with E-state index in [-0.39, 0.29) is 24.6 Å². The van der Waals surface area contributed by atoms with E-state index in [1.54, 1.807) is 0 Å². The lowest BCUT2D eigenvalue weighted by molar-refractivity contribution is -0.153. The van der Waals surface area contributed by atoms with Crippen molar-refractivity contribution in [1.82, 2.24) is 10.3 Å². The van der Waals surface area contributed by atoms with E-state index in [0.717, 1.165) is 0 Å². The first kappa shape index (κ1) is 14.2. The van der Waals surface area contributed by atoms with Crippen molar-refractivity contribution in [1.29, 1.82) is 0 Å². The smallest absolute Gasteiger partial charge is 0.422 e. The number of hydrogen-bond donors (Lipinski definition) is 2. The molecule has 0 saturated carbocycles. The van der Waals surface area contributed by atoms with Crippen LogP contribution < -0.4 is 10.1 Å². The molecule has 1 heterocycles. The maximum atomic E-state index is 12.0. The number of carbonyl (C=O) groups is 1. The zero-order chi connectivity index (χ0) is 13.6. The molecule has 5 nitrogen and oxygen atoms in total. The van der Waals surface area contributed by atoms with Crippen LogP contribution in [-0.2, 0) is 0 Å². The lowest BCUT2D eigenvalue weighted by atomic mass is 10.3. The third kappa shape index (κ3) is 4.58. The Hall–Kier alpha value is -1.83. The summed E-state index contributed by atoms with van der Waals surface area (Å²) in [5.41, 5.74) is -0.254. The first-order valence-corrected chi connectivity index (χ1v) is 4.97. The molecule has 18 heavy (non-hydrogen) atoms. The van der Waals surface area contributed by atoms with Gasteiger partial charge in [0.1, 0.15) is 0 Å². The molecule has 100 valence electrons. The van der Waals surface area contributed by atoms with Crippen LogP contribution in [0.5, 0.6) is 5.75 Å². The van der Waals surface area contributed by atoms with Crippen LogP contribution in [0, 0.1) is 0 Å². The average molecular weight is 264 g/mol. The number of pyridine rings is 1. The van der Waals surface area contributed by atoms with E-state index in [0.29, 0.717) is 0 Å². The van der Waals surface area contributed by atoms with E-state index in [1.807, 2.05) is 0 Å². The van der Waals surface area contributed by atoms with E-state index in [1.165, 1.54) is 18.3 Å². The largest absolute Gasteiger partial charge is 0.482 e. The Morgan fingerprint density at radius 2 is 2.22 bits per heavy atom. The molecule has 0 aliphatic carbocycles. The SMILES string of the molecule is O=C(NCCO)c1ncccc1OCC(F)(F)F. The first-order valence-electron chi connectivity index (χ1n) is 4.97. The van der Waals surface area contributed by atoms with Gasteiger partial charge in [0.15, 0.2) is 18.1 Å². The number of aliphatic hydroxyl groups excluding tert-OH is 1. The van der Waals surface area contributed by atoms with E-state index >= 15 is 0 Å². The first-order chi connectivity index (χ1) is 8.44. The van der Waals surface area contributed by atoms with Crippen LogP contribution in [0.4, 0.5) is 13.2 Å². The summed E-state index contributed by atoms with van der Waals surface area (Å²) >= 11 is 0. The zero-order valence-corrected chi connectivity index (χ0v) is 9.20. The number of alkyl halides is 3. The standard InChI is InChI=1S/C10H11F3N2O3/c11-10(12,13)6-18-7-2-1-3-14-8(7)9(17)15-4-5-16/h1-3,16H,4-6H2,(H,15,17). The molecule has 0 aliphatic rings. The molecule has 0 radical (unpaired) electrons. The Morgan fingerprint density at radius 1 is 1.50 bits per heavy atom. The van der Waals surface area contributed by atoms with Gasteiger partial charge in [-0.25, -0.2) is 4.98 Å². The number of rotatable bonds is 5. The van der Waals surface area contributed by atoms with Crippen LogP contribution >= 0.6 is 0 Å². The summed E-state index contributed by atoms with van der Waals surface area (Å²) in [6.45, 7) is -1.80. The highest BCUT2D eigenvalue weighted by Gasteiger charge is 2.29. The van der Waals surface area contributed by atoms with E-state index in [4.69, 9.17) is 5.11 Å². The lowest BCUT2D eigenvalue weighted by Crippen LogP contribution is -2.28. The highest BCUT2D eigenvalue weighted by molar-refractivity contribution is 5.94. The lowest BCUT2D eigenvalue weighted by Gasteiger charge is -2.11. The molecule has 1 amide bonds. The topological polar surface area (TPSA) is 71.5 Å². The van der Waals surface area contributed by atoms with Gasteiger partial charge >= 0.3 is 6.18 Å². The number of aromatic nitrogens is 1. The third-order valence-electron chi connectivity index (χ3n) is 1.77. The molecule has 0 spiro atoms. The maximum absolute atomic E-state index is 12.0. The van der Waals surface area contributed by atoms with Crippen LogP contribution in [-0.4, -0.2) is 41.9 Å². The molecule has 0 bridgehead atoms. The fourth-order valence-corrected chi connectivity index (χ4v) is 1.09. The number of hydrogen-bond acceptors (Lipinski definition) is 4. The monoisotopic (exact) mass is 264 g/mol. The van der Waals surface area contributed by atoms with Crippen molar-refractivity contribution in [2.75, 3.05) is 19.8 Å². The summed E-state index contributed by atoms with van der Waals surface area (Å²) in [7, 11) is 0. The Balaban J connectivity index is 2.76. The Morgan fingerprint density at radius 3 is 2.83 bits per heavy atom. The minimum Gasteiger partial charge on any atom is -0.482 e. The Labute approximate surface area is 101 Å². The fourth-order valence-electron chi connectivity index (χ4n) is 1.09. The van der Waals surface area contributed by atoms with Gasteiger partial charge in [0.05, 0.1) is 6.61 Å². The summed E-state index contributed by atoms with van der Waals surface area (Å²) in [6, 6.07) is 2.57. The van der Waals surface area contributed by atoms with Crippen molar-refractivity contribution < 1.29 is 27.8 Å². The summed E-state index contributed by atoms with van der Waals surface area (Å²) < 4.78 is 40.5. The predicted octanol–water partition coefficient (Wildman–Crippen LogP) is 0.745. The molecular weight excluding hydrogens is 253 g/mol. The van der Waals surface area contributed by atoms with Gasteiger partial charge in [0.2, 0.25) is 0 Å². The van der Waals surface area contributed by atoms with Gasteiger partial charge in [-0.1, -0.05) is 0 Å². The van der Waals surface area contributed by atoms with Crippen molar-refractivity contribution in [3.05, 3.63) is 24.0 Å². The maximum Gasteiger partial charge on any atom is 0.422 e. The van der Waals surface area contributed by atoms with Gasteiger partial charge in [-0.3, -0.25) is 4.79 Å². The second-order valence-electron chi connectivity index (χ2n) is 3.23. The Bertz CT molecular complexity index is 410. The van der Waals surface area contributed by atoms with Crippen molar-refractivity contribution in [3.63, 3.8) is 0 Å². The molecule has 0 aliphatic heterocycles. The number of aliphatic hydroxyl groups is 1. The van der Waals surface area contributed by atoms with Crippen LogP contribution in [0.15, 0.2) is 18.3 Å². The van der Waals surface area contributed by atoms with E-state index in [2.05, 4.69) is 15.0 Å². The quantitative estimate of drug-likeness (QED) is 0.823. The van der Waals surface area contributed by atoms with Gasteiger partial charge in [-0.15, -0.1) is 0 Å². The molecule has 1 rings (SSSR count). The molecular formula is C10H11F3N2O3. The molecule has 1 aromatic heterocycles. The summed E-state index contributed by atoms with van der Waals surface area (Å²) in [4.78, 5) is 15.1. The van der Waals surface area contributed by atoms with Gasteiger partial charge in [-0.2, -0.15) is 13.2 Å². The average Bonchev–Trinajstić information content (AvgIpc) is 2.33. The number of amides is 1. The molecule has 2 N–H and O–H groups in total. The predicted molar refractivity (Wildman–Crippen MR) is 55.2 cm³/mol. The third-order valence-corrected chi connectivity index (χ3v) is 1.77. The minimum atomic E-state index is -4.49. The molecule has 0 aromatic carbocycles. The highest BCUT2D eigenvalue weighted by Crippen LogP contribution is 2.20. The van der Waals surface area contributed by atoms with Crippen LogP contribution in [0.2, 0.25) is 0 Å². The molecule has 8 heteroatoms.